The van der Waals surface area contributed by atoms with Crippen molar-refractivity contribution >= 4 is 11.9 Å². The standard InChI is InChI=1S/C15H19FN2O4/c1-15(2,3)22-14(20)18-6-7-21-12(9-18)13(19)10-4-5-17-8-11(10)16/h4-5,8,12H,6-7,9H2,1-3H3/t12-/m1/s1. The fraction of sp³-hybridized carbons (Fsp3) is 0.533. The molecular weight excluding hydrogens is 291 g/mol. The van der Waals surface area contributed by atoms with E-state index < -0.39 is 29.4 Å². The summed E-state index contributed by atoms with van der Waals surface area (Å²) < 4.78 is 24.3. The van der Waals surface area contributed by atoms with Gasteiger partial charge in [0.25, 0.3) is 0 Å². The molecule has 0 aromatic carbocycles. The van der Waals surface area contributed by atoms with E-state index in [0.29, 0.717) is 6.54 Å². The molecule has 0 aliphatic carbocycles. The van der Waals surface area contributed by atoms with Crippen molar-refractivity contribution in [2.24, 2.45) is 0 Å². The second-order valence-corrected chi connectivity index (χ2v) is 6.01. The lowest BCUT2D eigenvalue weighted by molar-refractivity contribution is -0.0322. The van der Waals surface area contributed by atoms with E-state index in [-0.39, 0.29) is 18.7 Å². The van der Waals surface area contributed by atoms with Gasteiger partial charge in [0.1, 0.15) is 11.7 Å². The molecule has 2 heterocycles. The highest BCUT2D eigenvalue weighted by atomic mass is 19.1. The maximum absolute atomic E-state index is 13.6. The lowest BCUT2D eigenvalue weighted by Gasteiger charge is -2.33. The van der Waals surface area contributed by atoms with Crippen LogP contribution >= 0.6 is 0 Å². The molecule has 1 aliphatic rings. The summed E-state index contributed by atoms with van der Waals surface area (Å²) in [4.78, 5) is 29.3. The minimum absolute atomic E-state index is 0.0372. The average Bonchev–Trinajstić information content (AvgIpc) is 2.45. The lowest BCUT2D eigenvalue weighted by atomic mass is 10.1. The van der Waals surface area contributed by atoms with Crippen LogP contribution in [0.4, 0.5) is 9.18 Å². The topological polar surface area (TPSA) is 68.7 Å². The number of ketones is 1. The Morgan fingerprint density at radius 3 is 2.82 bits per heavy atom. The monoisotopic (exact) mass is 310 g/mol. The second kappa shape index (κ2) is 6.39. The van der Waals surface area contributed by atoms with E-state index in [1.807, 2.05) is 0 Å². The molecule has 0 radical (unpaired) electrons. The number of carbonyl (C=O) groups excluding carboxylic acids is 2. The number of nitrogens with zero attached hydrogens (tertiary/aromatic N) is 2. The summed E-state index contributed by atoms with van der Waals surface area (Å²) in [5.41, 5.74) is -0.711. The summed E-state index contributed by atoms with van der Waals surface area (Å²) in [6.45, 7) is 5.86. The lowest BCUT2D eigenvalue weighted by Crippen LogP contribution is -2.50. The molecule has 1 atom stereocenters. The van der Waals surface area contributed by atoms with Crippen LogP contribution in [0, 0.1) is 5.82 Å². The van der Waals surface area contributed by atoms with Gasteiger partial charge in [0.2, 0.25) is 0 Å². The van der Waals surface area contributed by atoms with Crippen molar-refractivity contribution in [3.8, 4) is 0 Å². The molecular formula is C15H19FN2O4. The molecule has 120 valence electrons. The van der Waals surface area contributed by atoms with E-state index in [9.17, 15) is 14.0 Å². The van der Waals surface area contributed by atoms with Gasteiger partial charge in [0, 0.05) is 12.7 Å². The zero-order chi connectivity index (χ0) is 16.3. The largest absolute Gasteiger partial charge is 0.444 e. The highest BCUT2D eigenvalue weighted by molar-refractivity contribution is 6.00. The first kappa shape index (κ1) is 16.4. The second-order valence-electron chi connectivity index (χ2n) is 6.01. The van der Waals surface area contributed by atoms with Crippen LogP contribution in [0.1, 0.15) is 31.1 Å². The van der Waals surface area contributed by atoms with Crippen LogP contribution in [-0.2, 0) is 9.47 Å². The summed E-state index contributed by atoms with van der Waals surface area (Å²) in [5.74, 6) is -1.21. The Hall–Kier alpha value is -2.02. The first-order chi connectivity index (χ1) is 10.3. The summed E-state index contributed by atoms with van der Waals surface area (Å²) in [5, 5.41) is 0. The van der Waals surface area contributed by atoms with E-state index in [2.05, 4.69) is 4.98 Å². The molecule has 0 bridgehead atoms. The summed E-state index contributed by atoms with van der Waals surface area (Å²) in [6.07, 6.45) is 0.897. The van der Waals surface area contributed by atoms with Crippen LogP contribution < -0.4 is 0 Å². The summed E-state index contributed by atoms with van der Waals surface area (Å²) in [6, 6.07) is 1.30. The number of Topliss-reactive ketones (excluding diaryl/α,β-unsaturated/α-hetero) is 1. The van der Waals surface area contributed by atoms with Crippen molar-refractivity contribution in [2.75, 3.05) is 19.7 Å². The highest BCUT2D eigenvalue weighted by Crippen LogP contribution is 2.16. The zero-order valence-corrected chi connectivity index (χ0v) is 12.8. The Balaban J connectivity index is 2.06. The van der Waals surface area contributed by atoms with Crippen LogP contribution in [0.3, 0.4) is 0 Å². The molecule has 22 heavy (non-hydrogen) atoms. The van der Waals surface area contributed by atoms with Gasteiger partial charge >= 0.3 is 6.09 Å². The number of morpholine rings is 1. The molecule has 0 saturated carbocycles. The zero-order valence-electron chi connectivity index (χ0n) is 12.8. The Bertz CT molecular complexity index is 571. The number of amides is 1. The minimum Gasteiger partial charge on any atom is -0.444 e. The normalized spacial score (nSPS) is 18.9. The van der Waals surface area contributed by atoms with Crippen molar-refractivity contribution in [3.63, 3.8) is 0 Å². The van der Waals surface area contributed by atoms with Gasteiger partial charge in [-0.05, 0) is 26.8 Å². The summed E-state index contributed by atoms with van der Waals surface area (Å²) >= 11 is 0. The quantitative estimate of drug-likeness (QED) is 0.782. The number of halogens is 1. The van der Waals surface area contributed by atoms with Crippen molar-refractivity contribution in [1.82, 2.24) is 9.88 Å². The van der Waals surface area contributed by atoms with Crippen LogP contribution in [-0.4, -0.2) is 53.2 Å². The molecule has 1 aliphatic heterocycles. The molecule has 7 heteroatoms. The molecule has 1 fully saturated rings. The van der Waals surface area contributed by atoms with E-state index in [1.54, 1.807) is 20.8 Å². The average molecular weight is 310 g/mol. The third kappa shape index (κ3) is 4.00. The van der Waals surface area contributed by atoms with Crippen molar-refractivity contribution in [2.45, 2.75) is 32.5 Å². The Kier molecular flexibility index (Phi) is 4.75. The summed E-state index contributed by atoms with van der Waals surface area (Å²) in [7, 11) is 0. The Morgan fingerprint density at radius 2 is 2.18 bits per heavy atom. The molecule has 1 aromatic rings. The first-order valence-corrected chi connectivity index (χ1v) is 7.01. The molecule has 6 nitrogen and oxygen atoms in total. The van der Waals surface area contributed by atoms with Crippen molar-refractivity contribution in [3.05, 3.63) is 29.8 Å². The fourth-order valence-corrected chi connectivity index (χ4v) is 2.05. The van der Waals surface area contributed by atoms with Gasteiger partial charge in [-0.15, -0.1) is 0 Å². The fourth-order valence-electron chi connectivity index (χ4n) is 2.05. The molecule has 0 N–H and O–H groups in total. The third-order valence-electron chi connectivity index (χ3n) is 3.05. The van der Waals surface area contributed by atoms with Crippen LogP contribution in [0.5, 0.6) is 0 Å². The molecule has 1 saturated heterocycles. The van der Waals surface area contributed by atoms with Gasteiger partial charge in [-0.1, -0.05) is 0 Å². The van der Waals surface area contributed by atoms with Gasteiger partial charge in [0.05, 0.1) is 24.9 Å². The first-order valence-electron chi connectivity index (χ1n) is 7.01. The number of aromatic nitrogens is 1. The third-order valence-corrected chi connectivity index (χ3v) is 3.05. The number of rotatable bonds is 2. The predicted octanol–water partition coefficient (Wildman–Crippen LogP) is 2.04. The Morgan fingerprint density at radius 1 is 1.45 bits per heavy atom. The molecule has 1 amide bonds. The van der Waals surface area contributed by atoms with Gasteiger partial charge < -0.3 is 14.4 Å². The number of hydrogen-bond donors (Lipinski definition) is 0. The maximum atomic E-state index is 13.6. The maximum Gasteiger partial charge on any atom is 0.410 e. The molecule has 2 rings (SSSR count). The van der Waals surface area contributed by atoms with E-state index in [4.69, 9.17) is 9.47 Å². The number of hydrogen-bond acceptors (Lipinski definition) is 5. The Labute approximate surface area is 128 Å². The van der Waals surface area contributed by atoms with Crippen molar-refractivity contribution < 1.29 is 23.5 Å². The van der Waals surface area contributed by atoms with Crippen LogP contribution in [0.2, 0.25) is 0 Å². The molecule has 0 unspecified atom stereocenters. The SMILES string of the molecule is CC(C)(C)OC(=O)N1CCO[C@@H](C(=O)c2ccncc2F)C1. The van der Waals surface area contributed by atoms with Crippen LogP contribution in [0.25, 0.3) is 0 Å². The smallest absolute Gasteiger partial charge is 0.410 e. The van der Waals surface area contributed by atoms with E-state index >= 15 is 0 Å². The van der Waals surface area contributed by atoms with Gasteiger partial charge in [-0.25, -0.2) is 9.18 Å². The van der Waals surface area contributed by atoms with Crippen LogP contribution in [0.15, 0.2) is 18.5 Å². The molecule has 0 spiro atoms. The number of pyridine rings is 1. The van der Waals surface area contributed by atoms with Gasteiger partial charge in [-0.2, -0.15) is 0 Å². The van der Waals surface area contributed by atoms with Gasteiger partial charge in [-0.3, -0.25) is 9.78 Å². The van der Waals surface area contributed by atoms with Gasteiger partial charge in [0.15, 0.2) is 11.6 Å². The number of ether oxygens (including phenoxy) is 2. The predicted molar refractivity (Wildman–Crippen MR) is 76.1 cm³/mol. The van der Waals surface area contributed by atoms with E-state index in [0.717, 1.165) is 6.20 Å². The minimum atomic E-state index is -0.904. The number of carbonyl (C=O) groups is 2. The highest BCUT2D eigenvalue weighted by Gasteiger charge is 2.33. The van der Waals surface area contributed by atoms with Crippen molar-refractivity contribution in [1.29, 1.82) is 0 Å². The molecule has 1 aromatic heterocycles. The van der Waals surface area contributed by atoms with E-state index in [1.165, 1.54) is 17.2 Å².